The van der Waals surface area contributed by atoms with E-state index in [-0.39, 0.29) is 17.7 Å². The van der Waals surface area contributed by atoms with Crippen LogP contribution in [0, 0.1) is 5.41 Å². The second kappa shape index (κ2) is 6.93. The molecule has 28 heavy (non-hydrogen) atoms. The van der Waals surface area contributed by atoms with Gasteiger partial charge in [-0.1, -0.05) is 44.5 Å². The Balaban J connectivity index is 1.72. The predicted octanol–water partition coefficient (Wildman–Crippen LogP) is 4.16. The number of benzene rings is 1. The Bertz CT molecular complexity index is 1080. The average Bonchev–Trinajstić information content (AvgIpc) is 3.25. The average molecular weight is 379 g/mol. The number of nitrogens with zero attached hydrogens (tertiary/aromatic N) is 2. The van der Waals surface area contributed by atoms with Crippen LogP contribution in [0.1, 0.15) is 61.9 Å². The number of carbonyl (C=O) groups excluding carboxylic acids is 1. The van der Waals surface area contributed by atoms with Crippen molar-refractivity contribution in [1.29, 1.82) is 0 Å². The fraction of sp³-hybridized carbons (Fsp3) is 0.409. The van der Waals surface area contributed by atoms with Gasteiger partial charge in [0.15, 0.2) is 5.65 Å². The first kappa shape index (κ1) is 18.5. The number of fused-ring (bicyclic) bond motifs is 1. The lowest BCUT2D eigenvalue weighted by atomic mass is 9.77. The van der Waals surface area contributed by atoms with Gasteiger partial charge < -0.3 is 9.72 Å². The summed E-state index contributed by atoms with van der Waals surface area (Å²) in [7, 11) is 0. The summed E-state index contributed by atoms with van der Waals surface area (Å²) in [5, 5.41) is 4.01. The van der Waals surface area contributed by atoms with Gasteiger partial charge in [0.05, 0.1) is 18.5 Å². The van der Waals surface area contributed by atoms with Gasteiger partial charge in [-0.2, -0.15) is 9.61 Å². The number of carbonyl (C=O) groups is 1. The molecule has 6 nitrogen and oxygen atoms in total. The van der Waals surface area contributed by atoms with Crippen molar-refractivity contribution < 1.29 is 9.53 Å². The van der Waals surface area contributed by atoms with Gasteiger partial charge in [0.25, 0.3) is 5.56 Å². The zero-order valence-corrected chi connectivity index (χ0v) is 16.5. The molecule has 1 N–H and O–H groups in total. The molecule has 1 saturated carbocycles. The molecular formula is C22H25N3O3. The predicted molar refractivity (Wildman–Crippen MR) is 108 cm³/mol. The van der Waals surface area contributed by atoms with Crippen LogP contribution in [0.4, 0.5) is 0 Å². The van der Waals surface area contributed by atoms with Crippen LogP contribution in [0.5, 0.6) is 0 Å². The Morgan fingerprint density at radius 3 is 2.71 bits per heavy atom. The lowest BCUT2D eigenvalue weighted by Crippen LogP contribution is -2.16. The fourth-order valence-corrected chi connectivity index (χ4v) is 4.34. The molecular weight excluding hydrogens is 354 g/mol. The number of aromatic amines is 1. The Morgan fingerprint density at radius 2 is 2.07 bits per heavy atom. The summed E-state index contributed by atoms with van der Waals surface area (Å²) >= 11 is 0. The van der Waals surface area contributed by atoms with Crippen LogP contribution in [-0.2, 0) is 4.74 Å². The molecule has 0 saturated heterocycles. The van der Waals surface area contributed by atoms with Gasteiger partial charge in [-0.25, -0.2) is 4.79 Å². The number of rotatable bonds is 4. The molecule has 1 aromatic carbocycles. The SMILES string of the molecule is CCOC(=O)c1cnn2c(=O)cc(-c3ccc(C4CCCC4(C)C)cc3)[nH]c12. The number of aromatic nitrogens is 3. The van der Waals surface area contributed by atoms with Crippen LogP contribution in [0.15, 0.2) is 41.3 Å². The fourth-order valence-electron chi connectivity index (χ4n) is 4.34. The second-order valence-electron chi connectivity index (χ2n) is 8.12. The Morgan fingerprint density at radius 1 is 1.32 bits per heavy atom. The molecule has 2 aromatic heterocycles. The number of hydrogen-bond donors (Lipinski definition) is 1. The van der Waals surface area contributed by atoms with Gasteiger partial charge in [-0.15, -0.1) is 0 Å². The van der Waals surface area contributed by atoms with Gasteiger partial charge in [0.2, 0.25) is 0 Å². The molecule has 1 fully saturated rings. The molecule has 0 spiro atoms. The maximum absolute atomic E-state index is 12.5. The van der Waals surface area contributed by atoms with Crippen molar-refractivity contribution >= 4 is 11.6 Å². The van der Waals surface area contributed by atoms with Crippen molar-refractivity contribution in [2.45, 2.75) is 46.0 Å². The van der Waals surface area contributed by atoms with E-state index in [1.54, 1.807) is 6.92 Å². The molecule has 1 unspecified atom stereocenters. The van der Waals surface area contributed by atoms with Gasteiger partial charge in [0, 0.05) is 6.07 Å². The number of nitrogens with one attached hydrogen (secondary N) is 1. The summed E-state index contributed by atoms with van der Waals surface area (Å²) in [6, 6.07) is 9.87. The minimum absolute atomic E-state index is 0.255. The molecule has 4 rings (SSSR count). The monoisotopic (exact) mass is 379 g/mol. The van der Waals surface area contributed by atoms with E-state index in [4.69, 9.17) is 4.74 Å². The van der Waals surface area contributed by atoms with Crippen molar-refractivity contribution in [1.82, 2.24) is 14.6 Å². The molecule has 1 aliphatic rings. The van der Waals surface area contributed by atoms with Crippen LogP contribution in [0.25, 0.3) is 16.9 Å². The Hall–Kier alpha value is -2.89. The van der Waals surface area contributed by atoms with Crippen LogP contribution in [-0.4, -0.2) is 27.2 Å². The number of hydrogen-bond acceptors (Lipinski definition) is 4. The van der Waals surface area contributed by atoms with Crippen molar-refractivity contribution in [3.63, 3.8) is 0 Å². The van der Waals surface area contributed by atoms with Crippen molar-refractivity contribution in [3.05, 3.63) is 58.0 Å². The molecule has 0 radical (unpaired) electrons. The van der Waals surface area contributed by atoms with Gasteiger partial charge >= 0.3 is 5.97 Å². The summed E-state index contributed by atoms with van der Waals surface area (Å²) in [5.74, 6) is 0.0671. The topological polar surface area (TPSA) is 76.5 Å². The van der Waals surface area contributed by atoms with Crippen LogP contribution >= 0.6 is 0 Å². The molecule has 3 aromatic rings. The van der Waals surface area contributed by atoms with E-state index in [0.717, 1.165) is 5.56 Å². The van der Waals surface area contributed by atoms with E-state index in [2.05, 4.69) is 36.1 Å². The minimum atomic E-state index is -0.496. The lowest BCUT2D eigenvalue weighted by Gasteiger charge is -2.27. The van der Waals surface area contributed by atoms with E-state index < -0.39 is 5.97 Å². The zero-order chi connectivity index (χ0) is 19.9. The highest BCUT2D eigenvalue weighted by molar-refractivity contribution is 5.95. The number of ether oxygens (including phenoxy) is 1. The summed E-state index contributed by atoms with van der Waals surface area (Å²) in [4.78, 5) is 27.8. The normalized spacial score (nSPS) is 18.5. The Kier molecular flexibility index (Phi) is 4.57. The summed E-state index contributed by atoms with van der Waals surface area (Å²) in [6.45, 7) is 6.67. The second-order valence-corrected chi connectivity index (χ2v) is 8.12. The highest BCUT2D eigenvalue weighted by Gasteiger charge is 2.35. The highest BCUT2D eigenvalue weighted by atomic mass is 16.5. The third-order valence-corrected chi connectivity index (χ3v) is 5.88. The standard InChI is InChI=1S/C22H25N3O3/c1-4-28-21(27)16-13-23-25-19(26)12-18(24-20(16)25)15-9-7-14(8-10-15)17-6-5-11-22(17,2)3/h7-10,12-13,17,24H,4-6,11H2,1-3H3. The highest BCUT2D eigenvalue weighted by Crippen LogP contribution is 2.48. The largest absolute Gasteiger partial charge is 0.462 e. The smallest absolute Gasteiger partial charge is 0.343 e. The molecule has 6 heteroatoms. The molecule has 0 aliphatic heterocycles. The van der Waals surface area contributed by atoms with Crippen molar-refractivity contribution in [2.24, 2.45) is 5.41 Å². The molecule has 2 heterocycles. The van der Waals surface area contributed by atoms with E-state index in [0.29, 0.717) is 22.7 Å². The molecule has 1 atom stereocenters. The lowest BCUT2D eigenvalue weighted by molar-refractivity contribution is 0.0528. The zero-order valence-electron chi connectivity index (χ0n) is 16.5. The Labute approximate surface area is 163 Å². The molecule has 146 valence electrons. The van der Waals surface area contributed by atoms with Crippen LogP contribution < -0.4 is 5.56 Å². The first-order valence-corrected chi connectivity index (χ1v) is 9.79. The van der Waals surface area contributed by atoms with E-state index >= 15 is 0 Å². The number of H-pyrrole nitrogens is 1. The first-order chi connectivity index (χ1) is 13.4. The quantitative estimate of drug-likeness (QED) is 0.691. The molecule has 0 amide bonds. The maximum Gasteiger partial charge on any atom is 0.343 e. The molecule has 1 aliphatic carbocycles. The van der Waals surface area contributed by atoms with Crippen LogP contribution in [0.3, 0.4) is 0 Å². The van der Waals surface area contributed by atoms with Crippen LogP contribution in [0.2, 0.25) is 0 Å². The molecule has 0 bridgehead atoms. The van der Waals surface area contributed by atoms with E-state index in [1.807, 2.05) is 12.1 Å². The minimum Gasteiger partial charge on any atom is -0.462 e. The summed E-state index contributed by atoms with van der Waals surface area (Å²) < 4.78 is 6.24. The third kappa shape index (κ3) is 3.13. The van der Waals surface area contributed by atoms with Gasteiger partial charge in [0.1, 0.15) is 5.56 Å². The van der Waals surface area contributed by atoms with E-state index in [9.17, 15) is 9.59 Å². The summed E-state index contributed by atoms with van der Waals surface area (Å²) in [6.07, 6.45) is 5.09. The first-order valence-electron chi connectivity index (χ1n) is 9.79. The third-order valence-electron chi connectivity index (χ3n) is 5.88. The van der Waals surface area contributed by atoms with Gasteiger partial charge in [-0.3, -0.25) is 4.79 Å². The van der Waals surface area contributed by atoms with Crippen molar-refractivity contribution in [3.8, 4) is 11.3 Å². The van der Waals surface area contributed by atoms with Crippen molar-refractivity contribution in [2.75, 3.05) is 6.61 Å². The van der Waals surface area contributed by atoms with Gasteiger partial charge in [-0.05, 0) is 42.2 Å². The summed E-state index contributed by atoms with van der Waals surface area (Å²) in [5.41, 5.74) is 3.52. The number of esters is 1. The maximum atomic E-state index is 12.5. The van der Waals surface area contributed by atoms with E-state index in [1.165, 1.54) is 41.6 Å².